The molecule has 0 saturated carbocycles. The van der Waals surface area contributed by atoms with Crippen molar-refractivity contribution >= 4 is 0 Å². The van der Waals surface area contributed by atoms with E-state index in [0.29, 0.717) is 12.0 Å². The number of ether oxygens (including phenoxy) is 1. The smallest absolute Gasteiger partial charge is 0.122 e. The number of hydrogen-bond acceptors (Lipinski definition) is 2. The van der Waals surface area contributed by atoms with E-state index in [1.165, 1.54) is 37.7 Å². The number of benzene rings is 1. The predicted molar refractivity (Wildman–Crippen MR) is 80.9 cm³/mol. The summed E-state index contributed by atoms with van der Waals surface area (Å²) in [5.41, 5.74) is 1.41. The first-order chi connectivity index (χ1) is 9.35. The quantitative estimate of drug-likeness (QED) is 0.746. The molecule has 0 aliphatic carbocycles. The van der Waals surface area contributed by atoms with Gasteiger partial charge in [0.15, 0.2) is 0 Å². The normalized spacial score (nSPS) is 19.6. The van der Waals surface area contributed by atoms with E-state index >= 15 is 0 Å². The van der Waals surface area contributed by atoms with Crippen LogP contribution in [0.1, 0.15) is 56.9 Å². The van der Waals surface area contributed by atoms with E-state index in [9.17, 15) is 0 Å². The highest BCUT2D eigenvalue weighted by atomic mass is 16.5. The van der Waals surface area contributed by atoms with Crippen LogP contribution < -0.4 is 10.1 Å². The second-order valence-electron chi connectivity index (χ2n) is 5.59. The molecule has 2 heteroatoms. The van der Waals surface area contributed by atoms with Gasteiger partial charge in [0, 0.05) is 6.04 Å². The molecular weight excluding hydrogens is 234 g/mol. The Bertz CT molecular complexity index is 377. The molecule has 1 aliphatic heterocycles. The van der Waals surface area contributed by atoms with Crippen LogP contribution in [0.25, 0.3) is 0 Å². The van der Waals surface area contributed by atoms with Crippen LogP contribution in [0.3, 0.4) is 0 Å². The first kappa shape index (κ1) is 14.4. The van der Waals surface area contributed by atoms with Crippen molar-refractivity contribution in [3.63, 3.8) is 0 Å². The summed E-state index contributed by atoms with van der Waals surface area (Å²) in [5, 5.41) is 3.50. The van der Waals surface area contributed by atoms with Crippen molar-refractivity contribution in [1.82, 2.24) is 5.32 Å². The number of fused-ring (bicyclic) bond motifs is 1. The average Bonchev–Trinajstić information content (AvgIpc) is 2.46. The van der Waals surface area contributed by atoms with Crippen molar-refractivity contribution in [1.29, 1.82) is 0 Å². The SMILES string of the molecule is CCCCCC(CC1CCOc2ccccc21)NC. The van der Waals surface area contributed by atoms with E-state index in [1.807, 2.05) is 0 Å². The molecule has 2 rings (SSSR count). The molecule has 0 amide bonds. The van der Waals surface area contributed by atoms with Crippen molar-refractivity contribution in [2.24, 2.45) is 0 Å². The van der Waals surface area contributed by atoms with Gasteiger partial charge in [-0.3, -0.25) is 0 Å². The van der Waals surface area contributed by atoms with Crippen LogP contribution in [0.5, 0.6) is 5.75 Å². The van der Waals surface area contributed by atoms with Gasteiger partial charge in [-0.05, 0) is 43.9 Å². The van der Waals surface area contributed by atoms with Crippen LogP contribution in [-0.2, 0) is 0 Å². The first-order valence-electron chi connectivity index (χ1n) is 7.74. The molecule has 2 atom stereocenters. The lowest BCUT2D eigenvalue weighted by Crippen LogP contribution is -2.29. The molecule has 0 fully saturated rings. The summed E-state index contributed by atoms with van der Waals surface area (Å²) in [7, 11) is 2.10. The van der Waals surface area contributed by atoms with Gasteiger partial charge < -0.3 is 10.1 Å². The lowest BCUT2D eigenvalue weighted by molar-refractivity contribution is 0.254. The zero-order valence-corrected chi connectivity index (χ0v) is 12.3. The van der Waals surface area contributed by atoms with Crippen molar-refractivity contribution < 1.29 is 4.74 Å². The monoisotopic (exact) mass is 261 g/mol. The van der Waals surface area contributed by atoms with E-state index in [1.54, 1.807) is 0 Å². The Hall–Kier alpha value is -1.02. The van der Waals surface area contributed by atoms with Gasteiger partial charge in [-0.2, -0.15) is 0 Å². The summed E-state index contributed by atoms with van der Waals surface area (Å²) < 4.78 is 5.75. The number of hydrogen-bond donors (Lipinski definition) is 1. The van der Waals surface area contributed by atoms with Crippen molar-refractivity contribution in [2.75, 3.05) is 13.7 Å². The molecule has 0 saturated heterocycles. The largest absolute Gasteiger partial charge is 0.493 e. The Morgan fingerprint density at radius 3 is 2.95 bits per heavy atom. The van der Waals surface area contributed by atoms with Crippen LogP contribution in [0.4, 0.5) is 0 Å². The van der Waals surface area contributed by atoms with E-state index in [-0.39, 0.29) is 0 Å². The average molecular weight is 261 g/mol. The van der Waals surface area contributed by atoms with E-state index < -0.39 is 0 Å². The standard InChI is InChI=1S/C17H27NO/c1-3-4-5-8-15(18-2)13-14-11-12-19-17-10-7-6-9-16(14)17/h6-7,9-10,14-15,18H,3-5,8,11-13H2,1-2H3. The Morgan fingerprint density at radius 1 is 1.32 bits per heavy atom. The van der Waals surface area contributed by atoms with Gasteiger partial charge in [0.05, 0.1) is 6.61 Å². The first-order valence-corrected chi connectivity index (χ1v) is 7.74. The number of rotatable bonds is 7. The third-order valence-electron chi connectivity index (χ3n) is 4.22. The van der Waals surface area contributed by atoms with Crippen LogP contribution >= 0.6 is 0 Å². The highest BCUT2D eigenvalue weighted by Gasteiger charge is 2.23. The summed E-state index contributed by atoms with van der Waals surface area (Å²) in [5.74, 6) is 1.76. The molecule has 1 N–H and O–H groups in total. The lowest BCUT2D eigenvalue weighted by Gasteiger charge is -2.29. The molecule has 0 bridgehead atoms. The van der Waals surface area contributed by atoms with Gasteiger partial charge in [0.2, 0.25) is 0 Å². The minimum absolute atomic E-state index is 0.641. The van der Waals surface area contributed by atoms with Crippen molar-refractivity contribution in [2.45, 2.75) is 57.4 Å². The molecule has 2 unspecified atom stereocenters. The molecule has 2 nitrogen and oxygen atoms in total. The van der Waals surface area contributed by atoms with Crippen molar-refractivity contribution in [3.8, 4) is 5.75 Å². The maximum Gasteiger partial charge on any atom is 0.122 e. The maximum atomic E-state index is 5.75. The van der Waals surface area contributed by atoms with Gasteiger partial charge in [-0.15, -0.1) is 0 Å². The Labute approximate surface area is 117 Å². The molecular formula is C17H27NO. The Kier molecular flexibility index (Phi) is 5.71. The second kappa shape index (κ2) is 7.54. The fourth-order valence-corrected chi connectivity index (χ4v) is 3.02. The summed E-state index contributed by atoms with van der Waals surface area (Å²) in [6.45, 7) is 3.14. The molecule has 1 heterocycles. The minimum atomic E-state index is 0.641. The van der Waals surface area contributed by atoms with Crippen LogP contribution in [0.15, 0.2) is 24.3 Å². The zero-order valence-electron chi connectivity index (χ0n) is 12.3. The molecule has 0 radical (unpaired) electrons. The predicted octanol–water partition coefficient (Wildman–Crippen LogP) is 4.11. The number of para-hydroxylation sites is 1. The summed E-state index contributed by atoms with van der Waals surface area (Å²) >= 11 is 0. The van der Waals surface area contributed by atoms with Crippen molar-refractivity contribution in [3.05, 3.63) is 29.8 Å². The zero-order chi connectivity index (χ0) is 13.5. The van der Waals surface area contributed by atoms with Gasteiger partial charge in [0.1, 0.15) is 5.75 Å². The molecule has 0 spiro atoms. The summed E-state index contributed by atoms with van der Waals surface area (Å²) in [6.07, 6.45) is 7.68. The molecule has 1 aliphatic rings. The summed E-state index contributed by atoms with van der Waals surface area (Å²) in [4.78, 5) is 0. The third-order valence-corrected chi connectivity index (χ3v) is 4.22. The fourth-order valence-electron chi connectivity index (χ4n) is 3.02. The number of unbranched alkanes of at least 4 members (excludes halogenated alkanes) is 2. The fraction of sp³-hybridized carbons (Fsp3) is 0.647. The number of nitrogens with one attached hydrogen (secondary N) is 1. The van der Waals surface area contributed by atoms with E-state index in [2.05, 4.69) is 43.6 Å². The van der Waals surface area contributed by atoms with E-state index in [0.717, 1.165) is 18.8 Å². The molecule has 1 aromatic rings. The van der Waals surface area contributed by atoms with Crippen LogP contribution in [-0.4, -0.2) is 19.7 Å². The van der Waals surface area contributed by atoms with Gasteiger partial charge in [-0.1, -0.05) is 44.4 Å². The van der Waals surface area contributed by atoms with Gasteiger partial charge in [-0.25, -0.2) is 0 Å². The van der Waals surface area contributed by atoms with Crippen LogP contribution in [0.2, 0.25) is 0 Å². The highest BCUT2D eigenvalue weighted by Crippen LogP contribution is 2.36. The van der Waals surface area contributed by atoms with Gasteiger partial charge in [0.25, 0.3) is 0 Å². The molecule has 0 aromatic heterocycles. The molecule has 1 aromatic carbocycles. The van der Waals surface area contributed by atoms with E-state index in [4.69, 9.17) is 4.74 Å². The second-order valence-corrected chi connectivity index (χ2v) is 5.59. The highest BCUT2D eigenvalue weighted by molar-refractivity contribution is 5.37. The Morgan fingerprint density at radius 2 is 2.16 bits per heavy atom. The maximum absolute atomic E-state index is 5.75. The van der Waals surface area contributed by atoms with Gasteiger partial charge >= 0.3 is 0 Å². The third kappa shape index (κ3) is 3.97. The Balaban J connectivity index is 1.94. The van der Waals surface area contributed by atoms with Crippen LogP contribution in [0, 0.1) is 0 Å². The minimum Gasteiger partial charge on any atom is -0.493 e. The molecule has 106 valence electrons. The lowest BCUT2D eigenvalue weighted by atomic mass is 9.86. The topological polar surface area (TPSA) is 21.3 Å². The molecule has 19 heavy (non-hydrogen) atoms. The summed E-state index contributed by atoms with van der Waals surface area (Å²) in [6, 6.07) is 9.18.